The largest absolute Gasteiger partial charge is 0.389 e. The maximum atomic E-state index is 9.30. The number of aliphatic hydroxyl groups excluding tert-OH is 1. The lowest BCUT2D eigenvalue weighted by Crippen LogP contribution is -1.92. The van der Waals surface area contributed by atoms with Gasteiger partial charge in [0.1, 0.15) is 11.4 Å². The molecule has 0 aliphatic heterocycles. The quantitative estimate of drug-likeness (QED) is 0.821. The van der Waals surface area contributed by atoms with Crippen LogP contribution >= 0.6 is 11.8 Å². The number of pyridine rings is 1. The Morgan fingerprint density at radius 3 is 2.80 bits per heavy atom. The van der Waals surface area contributed by atoms with Crippen molar-refractivity contribution in [3.63, 3.8) is 0 Å². The summed E-state index contributed by atoms with van der Waals surface area (Å²) in [5, 5.41) is 17.3. The number of hydrogen-bond donors (Lipinski definition) is 2. The van der Waals surface area contributed by atoms with Gasteiger partial charge in [0, 0.05) is 6.20 Å². The highest BCUT2D eigenvalue weighted by molar-refractivity contribution is 7.99. The summed E-state index contributed by atoms with van der Waals surface area (Å²) in [4.78, 5) is 8.17. The van der Waals surface area contributed by atoms with Gasteiger partial charge in [0.15, 0.2) is 5.16 Å². The van der Waals surface area contributed by atoms with E-state index in [1.54, 1.807) is 13.1 Å². The Bertz CT molecular complexity index is 412. The first-order chi connectivity index (χ1) is 7.25. The zero-order chi connectivity index (χ0) is 10.7. The summed E-state index contributed by atoms with van der Waals surface area (Å²) in [7, 11) is 0. The zero-order valence-electron chi connectivity index (χ0n) is 8.08. The van der Waals surface area contributed by atoms with E-state index in [1.807, 2.05) is 12.1 Å². The zero-order valence-corrected chi connectivity index (χ0v) is 8.90. The molecule has 0 saturated heterocycles. The summed E-state index contributed by atoms with van der Waals surface area (Å²) < 4.78 is 0. The molecule has 6 heteroatoms. The van der Waals surface area contributed by atoms with Crippen LogP contribution < -0.4 is 0 Å². The Kier molecular flexibility index (Phi) is 2.98. The lowest BCUT2D eigenvalue weighted by Gasteiger charge is -2.03. The SMILES string of the molecule is C[C@@H](O)c1ccc(Sc2ncn[nH]2)nc1. The number of rotatable bonds is 3. The molecule has 2 aromatic rings. The van der Waals surface area contributed by atoms with Gasteiger partial charge in [-0.25, -0.2) is 9.97 Å². The number of nitrogens with zero attached hydrogens (tertiary/aromatic N) is 3. The first kappa shape index (κ1) is 10.1. The molecule has 0 fully saturated rings. The van der Waals surface area contributed by atoms with Gasteiger partial charge < -0.3 is 5.11 Å². The van der Waals surface area contributed by atoms with Crippen LogP contribution in [-0.2, 0) is 0 Å². The van der Waals surface area contributed by atoms with E-state index in [0.29, 0.717) is 5.16 Å². The molecular weight excluding hydrogens is 212 g/mol. The molecule has 0 aliphatic rings. The minimum absolute atomic E-state index is 0.484. The average Bonchev–Trinajstić information content (AvgIpc) is 2.71. The summed E-state index contributed by atoms with van der Waals surface area (Å²) in [6.45, 7) is 1.71. The predicted octanol–water partition coefficient (Wildman–Crippen LogP) is 1.40. The van der Waals surface area contributed by atoms with Crippen LogP contribution in [0.5, 0.6) is 0 Å². The Morgan fingerprint density at radius 1 is 1.40 bits per heavy atom. The summed E-state index contributed by atoms with van der Waals surface area (Å²) in [5.74, 6) is 0. The molecule has 0 aliphatic carbocycles. The van der Waals surface area contributed by atoms with Crippen molar-refractivity contribution in [1.82, 2.24) is 20.2 Å². The molecule has 15 heavy (non-hydrogen) atoms. The fourth-order valence-corrected chi connectivity index (χ4v) is 1.68. The van der Waals surface area contributed by atoms with Crippen molar-refractivity contribution in [3.05, 3.63) is 30.2 Å². The highest BCUT2D eigenvalue weighted by atomic mass is 32.2. The smallest absolute Gasteiger partial charge is 0.189 e. The Hall–Kier alpha value is -1.40. The van der Waals surface area contributed by atoms with Crippen LogP contribution in [0.4, 0.5) is 0 Å². The molecule has 2 heterocycles. The maximum Gasteiger partial charge on any atom is 0.189 e. The van der Waals surface area contributed by atoms with E-state index in [-0.39, 0.29) is 0 Å². The van der Waals surface area contributed by atoms with E-state index in [1.165, 1.54) is 18.1 Å². The Labute approximate surface area is 91.0 Å². The van der Waals surface area contributed by atoms with E-state index >= 15 is 0 Å². The van der Waals surface area contributed by atoms with Crippen molar-refractivity contribution in [3.8, 4) is 0 Å². The first-order valence-electron chi connectivity index (χ1n) is 4.43. The van der Waals surface area contributed by atoms with E-state index in [2.05, 4.69) is 20.2 Å². The van der Waals surface area contributed by atoms with Crippen molar-refractivity contribution in [2.75, 3.05) is 0 Å². The summed E-state index contributed by atoms with van der Waals surface area (Å²) in [6.07, 6.45) is 2.62. The van der Waals surface area contributed by atoms with Crippen LogP contribution in [0.3, 0.4) is 0 Å². The lowest BCUT2D eigenvalue weighted by atomic mass is 10.2. The maximum absolute atomic E-state index is 9.30. The van der Waals surface area contributed by atoms with Gasteiger partial charge in [-0.1, -0.05) is 6.07 Å². The molecule has 0 amide bonds. The second kappa shape index (κ2) is 4.41. The predicted molar refractivity (Wildman–Crippen MR) is 55.4 cm³/mol. The molecule has 2 rings (SSSR count). The van der Waals surface area contributed by atoms with Gasteiger partial charge in [-0.15, -0.1) is 0 Å². The topological polar surface area (TPSA) is 74.7 Å². The van der Waals surface area contributed by atoms with E-state index < -0.39 is 6.10 Å². The fraction of sp³-hybridized carbons (Fsp3) is 0.222. The molecule has 0 saturated carbocycles. The number of H-pyrrole nitrogens is 1. The van der Waals surface area contributed by atoms with Crippen molar-refractivity contribution >= 4 is 11.8 Å². The minimum atomic E-state index is -0.484. The normalized spacial score (nSPS) is 12.7. The van der Waals surface area contributed by atoms with Crippen molar-refractivity contribution in [2.24, 2.45) is 0 Å². The van der Waals surface area contributed by atoms with Crippen LogP contribution in [0, 0.1) is 0 Å². The van der Waals surface area contributed by atoms with Crippen molar-refractivity contribution in [2.45, 2.75) is 23.2 Å². The third-order valence-corrected chi connectivity index (χ3v) is 2.68. The van der Waals surface area contributed by atoms with E-state index in [4.69, 9.17) is 0 Å². The molecule has 0 radical (unpaired) electrons. The van der Waals surface area contributed by atoms with Crippen LogP contribution in [0.1, 0.15) is 18.6 Å². The second-order valence-corrected chi connectivity index (χ2v) is 4.01. The molecule has 2 N–H and O–H groups in total. The molecule has 78 valence electrons. The monoisotopic (exact) mass is 222 g/mol. The van der Waals surface area contributed by atoms with Gasteiger partial charge in [0.25, 0.3) is 0 Å². The number of nitrogens with one attached hydrogen (secondary N) is 1. The molecule has 1 atom stereocenters. The van der Waals surface area contributed by atoms with Gasteiger partial charge in [-0.05, 0) is 30.3 Å². The highest BCUT2D eigenvalue weighted by Crippen LogP contribution is 2.22. The average molecular weight is 222 g/mol. The third kappa shape index (κ3) is 2.54. The molecular formula is C9H10N4OS. The third-order valence-electron chi connectivity index (χ3n) is 1.84. The molecule has 0 aromatic carbocycles. The lowest BCUT2D eigenvalue weighted by molar-refractivity contribution is 0.198. The molecule has 0 bridgehead atoms. The fourth-order valence-electron chi connectivity index (χ4n) is 1.04. The Morgan fingerprint density at radius 2 is 2.27 bits per heavy atom. The number of hydrogen-bond acceptors (Lipinski definition) is 5. The van der Waals surface area contributed by atoms with Crippen LogP contribution in [-0.4, -0.2) is 25.3 Å². The summed E-state index contributed by atoms with van der Waals surface area (Å²) in [6, 6.07) is 3.69. The second-order valence-electron chi connectivity index (χ2n) is 3.00. The van der Waals surface area contributed by atoms with Gasteiger partial charge in [0.2, 0.25) is 0 Å². The van der Waals surface area contributed by atoms with Crippen molar-refractivity contribution < 1.29 is 5.11 Å². The van der Waals surface area contributed by atoms with Gasteiger partial charge in [0.05, 0.1) is 6.10 Å². The highest BCUT2D eigenvalue weighted by Gasteiger charge is 2.03. The molecule has 2 aromatic heterocycles. The van der Waals surface area contributed by atoms with E-state index in [9.17, 15) is 5.11 Å². The number of aromatic amines is 1. The molecule has 5 nitrogen and oxygen atoms in total. The van der Waals surface area contributed by atoms with Gasteiger partial charge >= 0.3 is 0 Å². The Balaban J connectivity index is 2.11. The molecule has 0 spiro atoms. The van der Waals surface area contributed by atoms with Crippen LogP contribution in [0.25, 0.3) is 0 Å². The van der Waals surface area contributed by atoms with Gasteiger partial charge in [-0.2, -0.15) is 5.10 Å². The van der Waals surface area contributed by atoms with Crippen LogP contribution in [0.15, 0.2) is 34.8 Å². The number of aromatic nitrogens is 4. The molecule has 0 unspecified atom stereocenters. The summed E-state index contributed by atoms with van der Waals surface area (Å²) >= 11 is 1.39. The summed E-state index contributed by atoms with van der Waals surface area (Å²) in [5.41, 5.74) is 0.803. The number of aliphatic hydroxyl groups is 1. The van der Waals surface area contributed by atoms with Gasteiger partial charge in [-0.3, -0.25) is 5.10 Å². The first-order valence-corrected chi connectivity index (χ1v) is 5.24. The minimum Gasteiger partial charge on any atom is -0.389 e. The standard InChI is InChI=1S/C9H10N4OS/c1-6(14)7-2-3-8(10-4-7)15-9-11-5-12-13-9/h2-6,14H,1H3,(H,11,12,13)/t6-/m1/s1. The van der Waals surface area contributed by atoms with Crippen molar-refractivity contribution in [1.29, 1.82) is 0 Å². The van der Waals surface area contributed by atoms with Crippen LogP contribution in [0.2, 0.25) is 0 Å². The van der Waals surface area contributed by atoms with E-state index in [0.717, 1.165) is 10.6 Å².